The summed E-state index contributed by atoms with van der Waals surface area (Å²) in [4.78, 5) is 23.2. The van der Waals surface area contributed by atoms with Crippen LogP contribution in [0.2, 0.25) is 0 Å². The summed E-state index contributed by atoms with van der Waals surface area (Å²) in [7, 11) is 0. The number of fused-ring (bicyclic) bond motifs is 1. The van der Waals surface area contributed by atoms with Gasteiger partial charge < -0.3 is 10.4 Å². The summed E-state index contributed by atoms with van der Waals surface area (Å²) in [5.41, 5.74) is 0.592. The molecule has 0 spiro atoms. The van der Waals surface area contributed by atoms with Gasteiger partial charge in [0.1, 0.15) is 22.9 Å². The standard InChI is InChI=1S/C9H10N4O2S2/c1-4(8(14)15)12-6-5-7(11-3-10-6)13-9(16-2)17-5/h3-4H,1-2H3,(H,14,15)(H,10,11,12). The first kappa shape index (κ1) is 12.1. The number of carbonyl (C=O) groups is 1. The number of thiazole rings is 1. The van der Waals surface area contributed by atoms with Crippen LogP contribution in [0.3, 0.4) is 0 Å². The molecule has 8 heteroatoms. The lowest BCUT2D eigenvalue weighted by atomic mass is 10.3. The Morgan fingerprint density at radius 3 is 3.00 bits per heavy atom. The van der Waals surface area contributed by atoms with E-state index in [1.165, 1.54) is 29.4 Å². The van der Waals surface area contributed by atoms with Crippen LogP contribution in [0.15, 0.2) is 10.7 Å². The van der Waals surface area contributed by atoms with Crippen molar-refractivity contribution in [1.82, 2.24) is 15.0 Å². The molecule has 0 saturated heterocycles. The van der Waals surface area contributed by atoms with Crippen molar-refractivity contribution in [2.24, 2.45) is 0 Å². The lowest BCUT2D eigenvalue weighted by Crippen LogP contribution is -2.25. The average Bonchev–Trinajstić information content (AvgIpc) is 2.72. The molecule has 0 aromatic carbocycles. The zero-order chi connectivity index (χ0) is 12.4. The van der Waals surface area contributed by atoms with E-state index in [4.69, 9.17) is 5.11 Å². The molecule has 0 radical (unpaired) electrons. The van der Waals surface area contributed by atoms with Crippen molar-refractivity contribution >= 4 is 45.2 Å². The van der Waals surface area contributed by atoms with E-state index in [1.54, 1.807) is 6.92 Å². The molecule has 0 aliphatic rings. The Balaban J connectivity index is 2.39. The molecule has 6 nitrogen and oxygen atoms in total. The Hall–Kier alpha value is -1.41. The van der Waals surface area contributed by atoms with Gasteiger partial charge in [-0.2, -0.15) is 0 Å². The van der Waals surface area contributed by atoms with Crippen molar-refractivity contribution in [3.05, 3.63) is 6.33 Å². The molecule has 0 aliphatic heterocycles. The SMILES string of the molecule is CSc1nc2ncnc(NC(C)C(=O)O)c2s1. The van der Waals surface area contributed by atoms with E-state index < -0.39 is 12.0 Å². The van der Waals surface area contributed by atoms with Crippen molar-refractivity contribution in [2.45, 2.75) is 17.3 Å². The number of thioether (sulfide) groups is 1. The number of anilines is 1. The second-order valence-corrected chi connectivity index (χ2v) is 5.32. The molecular weight excluding hydrogens is 260 g/mol. The highest BCUT2D eigenvalue weighted by Gasteiger charge is 2.15. The van der Waals surface area contributed by atoms with Gasteiger partial charge in [-0.25, -0.2) is 15.0 Å². The third-order valence-corrected chi connectivity index (χ3v) is 4.11. The smallest absolute Gasteiger partial charge is 0.325 e. The Morgan fingerprint density at radius 2 is 2.35 bits per heavy atom. The molecular formula is C9H10N4O2S2. The molecule has 2 heterocycles. The maximum absolute atomic E-state index is 10.8. The first-order chi connectivity index (χ1) is 8.11. The second-order valence-electron chi connectivity index (χ2n) is 3.26. The summed E-state index contributed by atoms with van der Waals surface area (Å²) in [6.45, 7) is 1.56. The molecule has 0 amide bonds. The van der Waals surface area contributed by atoms with E-state index in [0.29, 0.717) is 11.5 Å². The van der Waals surface area contributed by atoms with Gasteiger partial charge in [-0.1, -0.05) is 11.8 Å². The minimum Gasteiger partial charge on any atom is -0.480 e. The number of rotatable bonds is 4. The predicted molar refractivity (Wildman–Crippen MR) is 67.7 cm³/mol. The van der Waals surface area contributed by atoms with Gasteiger partial charge in [-0.05, 0) is 13.2 Å². The number of carboxylic acid groups (broad SMARTS) is 1. The zero-order valence-corrected chi connectivity index (χ0v) is 10.8. The number of aliphatic carboxylic acids is 1. The molecule has 1 unspecified atom stereocenters. The van der Waals surface area contributed by atoms with Crippen LogP contribution in [0.25, 0.3) is 10.3 Å². The molecule has 0 saturated carbocycles. The van der Waals surface area contributed by atoms with Crippen LogP contribution < -0.4 is 5.32 Å². The summed E-state index contributed by atoms with van der Waals surface area (Å²) in [5, 5.41) is 11.7. The molecule has 2 rings (SSSR count). The first-order valence-corrected chi connectivity index (χ1v) is 6.81. The Bertz CT molecular complexity index is 557. The monoisotopic (exact) mass is 270 g/mol. The van der Waals surface area contributed by atoms with Gasteiger partial charge in [0.15, 0.2) is 9.99 Å². The van der Waals surface area contributed by atoms with Crippen LogP contribution in [0.1, 0.15) is 6.92 Å². The summed E-state index contributed by atoms with van der Waals surface area (Å²) in [6.07, 6.45) is 3.31. The summed E-state index contributed by atoms with van der Waals surface area (Å²) in [6, 6.07) is -0.701. The average molecular weight is 270 g/mol. The van der Waals surface area contributed by atoms with Crippen molar-refractivity contribution in [2.75, 3.05) is 11.6 Å². The van der Waals surface area contributed by atoms with Gasteiger partial charge in [0.2, 0.25) is 0 Å². The van der Waals surface area contributed by atoms with Gasteiger partial charge in [0, 0.05) is 0 Å². The van der Waals surface area contributed by atoms with Gasteiger partial charge >= 0.3 is 5.97 Å². The number of hydrogen-bond donors (Lipinski definition) is 2. The van der Waals surface area contributed by atoms with E-state index in [1.807, 2.05) is 6.26 Å². The summed E-state index contributed by atoms with van der Waals surface area (Å²) >= 11 is 2.97. The molecule has 2 aromatic rings. The molecule has 0 bridgehead atoms. The molecule has 0 aliphatic carbocycles. The van der Waals surface area contributed by atoms with E-state index in [-0.39, 0.29) is 0 Å². The second kappa shape index (κ2) is 4.84. The van der Waals surface area contributed by atoms with E-state index >= 15 is 0 Å². The van der Waals surface area contributed by atoms with Crippen LogP contribution >= 0.6 is 23.1 Å². The maximum atomic E-state index is 10.8. The number of carboxylic acids is 1. The molecule has 90 valence electrons. The third kappa shape index (κ3) is 2.47. The lowest BCUT2D eigenvalue weighted by molar-refractivity contribution is -0.137. The van der Waals surface area contributed by atoms with Crippen molar-refractivity contribution in [1.29, 1.82) is 0 Å². The number of aromatic nitrogens is 3. The van der Waals surface area contributed by atoms with E-state index in [0.717, 1.165) is 9.04 Å². The van der Waals surface area contributed by atoms with Crippen molar-refractivity contribution in [3.8, 4) is 0 Å². The molecule has 1 atom stereocenters. The predicted octanol–water partition coefficient (Wildman–Crippen LogP) is 1.69. The number of hydrogen-bond acceptors (Lipinski definition) is 7. The van der Waals surface area contributed by atoms with Crippen LogP contribution in [-0.4, -0.2) is 38.3 Å². The number of nitrogens with zero attached hydrogens (tertiary/aromatic N) is 3. The van der Waals surface area contributed by atoms with Crippen LogP contribution in [0.4, 0.5) is 5.82 Å². The van der Waals surface area contributed by atoms with Gasteiger partial charge in [0.05, 0.1) is 0 Å². The quantitative estimate of drug-likeness (QED) is 0.817. The van der Waals surface area contributed by atoms with Gasteiger partial charge in [0.25, 0.3) is 0 Å². The first-order valence-electron chi connectivity index (χ1n) is 4.76. The van der Waals surface area contributed by atoms with Gasteiger partial charge in [-0.15, -0.1) is 11.3 Å². The van der Waals surface area contributed by atoms with Gasteiger partial charge in [-0.3, -0.25) is 4.79 Å². The molecule has 2 N–H and O–H groups in total. The fourth-order valence-electron chi connectivity index (χ4n) is 1.19. The van der Waals surface area contributed by atoms with E-state index in [9.17, 15) is 4.79 Å². The highest BCUT2D eigenvalue weighted by Crippen LogP contribution is 2.30. The topological polar surface area (TPSA) is 88.0 Å². The lowest BCUT2D eigenvalue weighted by Gasteiger charge is -2.09. The summed E-state index contributed by atoms with van der Waals surface area (Å²) in [5.74, 6) is -0.408. The highest BCUT2D eigenvalue weighted by atomic mass is 32.2. The molecule has 0 fully saturated rings. The van der Waals surface area contributed by atoms with Crippen LogP contribution in [-0.2, 0) is 4.79 Å². The number of nitrogens with one attached hydrogen (secondary N) is 1. The minimum atomic E-state index is -0.925. The third-order valence-electron chi connectivity index (χ3n) is 2.07. The normalized spacial score (nSPS) is 12.6. The fourth-order valence-corrected chi connectivity index (χ4v) is 2.66. The van der Waals surface area contributed by atoms with Crippen molar-refractivity contribution < 1.29 is 9.90 Å². The fraction of sp³-hybridized carbons (Fsp3) is 0.333. The Morgan fingerprint density at radius 1 is 1.59 bits per heavy atom. The van der Waals surface area contributed by atoms with Crippen LogP contribution in [0.5, 0.6) is 0 Å². The molecule has 17 heavy (non-hydrogen) atoms. The zero-order valence-electron chi connectivity index (χ0n) is 9.17. The van der Waals surface area contributed by atoms with Crippen LogP contribution in [0, 0.1) is 0 Å². The Labute approximate surface area is 106 Å². The Kier molecular flexibility index (Phi) is 3.43. The summed E-state index contributed by atoms with van der Waals surface area (Å²) < 4.78 is 1.66. The maximum Gasteiger partial charge on any atom is 0.325 e. The molecule has 2 aromatic heterocycles. The minimum absolute atomic E-state index is 0.516. The van der Waals surface area contributed by atoms with Crippen molar-refractivity contribution in [3.63, 3.8) is 0 Å². The van der Waals surface area contributed by atoms with E-state index in [2.05, 4.69) is 20.3 Å². The highest BCUT2D eigenvalue weighted by molar-refractivity contribution is 8.00. The largest absolute Gasteiger partial charge is 0.480 e.